The van der Waals surface area contributed by atoms with Gasteiger partial charge in [-0.25, -0.2) is 0 Å². The summed E-state index contributed by atoms with van der Waals surface area (Å²) in [6.45, 7) is 4.28. The van der Waals surface area contributed by atoms with E-state index in [9.17, 15) is 4.79 Å². The highest BCUT2D eigenvalue weighted by atomic mass is 35.5. The lowest BCUT2D eigenvalue weighted by atomic mass is 10.1. The van der Waals surface area contributed by atoms with Crippen molar-refractivity contribution in [1.29, 1.82) is 5.26 Å². The first-order valence-corrected chi connectivity index (χ1v) is 9.57. The number of benzene rings is 1. The van der Waals surface area contributed by atoms with Gasteiger partial charge in [0.15, 0.2) is 0 Å². The third-order valence-electron chi connectivity index (χ3n) is 4.44. The molecule has 0 saturated carbocycles. The highest BCUT2D eigenvalue weighted by molar-refractivity contribution is 7.16. The Balaban J connectivity index is 1.42. The normalized spacial score (nSPS) is 15.1. The summed E-state index contributed by atoms with van der Waals surface area (Å²) < 4.78 is 0.826. The maximum absolute atomic E-state index is 12.4. The monoisotopic (exact) mass is 373 g/mol. The van der Waals surface area contributed by atoms with Crippen molar-refractivity contribution in [3.8, 4) is 6.07 Å². The van der Waals surface area contributed by atoms with Crippen LogP contribution in [-0.4, -0.2) is 41.9 Å². The topological polar surface area (TPSA) is 47.3 Å². The van der Waals surface area contributed by atoms with E-state index in [2.05, 4.69) is 17.0 Å². The van der Waals surface area contributed by atoms with Gasteiger partial charge in [-0.3, -0.25) is 9.69 Å². The van der Waals surface area contributed by atoms with Gasteiger partial charge in [-0.05, 0) is 36.2 Å². The van der Waals surface area contributed by atoms with Gasteiger partial charge in [0.05, 0.1) is 16.0 Å². The van der Waals surface area contributed by atoms with Crippen molar-refractivity contribution >= 4 is 28.8 Å². The van der Waals surface area contributed by atoms with Gasteiger partial charge in [0.2, 0.25) is 5.91 Å². The number of hydrogen-bond donors (Lipinski definition) is 0. The van der Waals surface area contributed by atoms with Crippen LogP contribution in [0.1, 0.15) is 22.4 Å². The summed E-state index contributed by atoms with van der Waals surface area (Å²) in [5.74, 6) is 0.211. The van der Waals surface area contributed by atoms with Crippen LogP contribution in [-0.2, 0) is 17.8 Å². The highest BCUT2D eigenvalue weighted by Gasteiger charge is 2.21. The van der Waals surface area contributed by atoms with Gasteiger partial charge in [-0.15, -0.1) is 11.3 Å². The molecule has 1 saturated heterocycles. The van der Waals surface area contributed by atoms with Crippen molar-refractivity contribution in [2.45, 2.75) is 19.4 Å². The van der Waals surface area contributed by atoms with E-state index in [0.717, 1.165) is 49.0 Å². The number of carbonyl (C=O) groups is 1. The molecule has 2 heterocycles. The van der Waals surface area contributed by atoms with Crippen molar-refractivity contribution in [3.63, 3.8) is 0 Å². The van der Waals surface area contributed by atoms with Crippen molar-refractivity contribution < 1.29 is 4.79 Å². The summed E-state index contributed by atoms with van der Waals surface area (Å²) in [5.41, 5.74) is 1.75. The Hall–Kier alpha value is -1.87. The Bertz CT molecular complexity index is 758. The number of piperazine rings is 1. The minimum absolute atomic E-state index is 0.211. The number of aryl methyl sites for hydroxylation is 1. The van der Waals surface area contributed by atoms with E-state index in [0.29, 0.717) is 12.0 Å². The third kappa shape index (κ3) is 5.05. The van der Waals surface area contributed by atoms with Crippen molar-refractivity contribution in [2.24, 2.45) is 0 Å². The largest absolute Gasteiger partial charge is 0.340 e. The molecule has 1 aliphatic heterocycles. The van der Waals surface area contributed by atoms with Crippen LogP contribution in [0.25, 0.3) is 0 Å². The molecule has 4 nitrogen and oxygen atoms in total. The van der Waals surface area contributed by atoms with Gasteiger partial charge < -0.3 is 4.90 Å². The van der Waals surface area contributed by atoms with Crippen molar-refractivity contribution in [1.82, 2.24) is 9.80 Å². The van der Waals surface area contributed by atoms with Gasteiger partial charge >= 0.3 is 0 Å². The van der Waals surface area contributed by atoms with E-state index < -0.39 is 0 Å². The molecule has 25 heavy (non-hydrogen) atoms. The van der Waals surface area contributed by atoms with E-state index in [1.165, 1.54) is 4.88 Å². The average Bonchev–Trinajstić information content (AvgIpc) is 3.05. The van der Waals surface area contributed by atoms with Crippen LogP contribution >= 0.6 is 22.9 Å². The first-order chi connectivity index (χ1) is 12.1. The second-order valence-corrected chi connectivity index (χ2v) is 7.97. The number of thiophene rings is 1. The van der Waals surface area contributed by atoms with Gasteiger partial charge in [0.25, 0.3) is 0 Å². The molecule has 0 bridgehead atoms. The van der Waals surface area contributed by atoms with Crippen LogP contribution in [0, 0.1) is 11.3 Å². The summed E-state index contributed by atoms with van der Waals surface area (Å²) in [6, 6.07) is 13.6. The smallest absolute Gasteiger partial charge is 0.222 e. The number of carbonyl (C=O) groups excluding carboxylic acids is 1. The SMILES string of the molecule is N#Cc1ccc(CCC(=O)N2CCN(Cc3ccc(Cl)s3)CC2)cc1. The van der Waals surface area contributed by atoms with Crippen molar-refractivity contribution in [3.05, 3.63) is 56.7 Å². The first kappa shape index (κ1) is 17.9. The van der Waals surface area contributed by atoms with Crippen molar-refractivity contribution in [2.75, 3.05) is 26.2 Å². The number of hydrogen-bond acceptors (Lipinski definition) is 4. The van der Waals surface area contributed by atoms with Crippen LogP contribution in [0.4, 0.5) is 0 Å². The zero-order valence-corrected chi connectivity index (χ0v) is 15.5. The standard InChI is InChI=1S/C19H20ClN3OS/c20-18-7-6-17(25-18)14-22-9-11-23(12-10-22)19(24)8-5-15-1-3-16(13-21)4-2-15/h1-4,6-7H,5,8-12,14H2. The minimum atomic E-state index is 0.211. The number of nitriles is 1. The summed E-state index contributed by atoms with van der Waals surface area (Å²) >= 11 is 7.60. The highest BCUT2D eigenvalue weighted by Crippen LogP contribution is 2.23. The Morgan fingerprint density at radius 1 is 1.12 bits per heavy atom. The van der Waals surface area contributed by atoms with Gasteiger partial charge in [-0.1, -0.05) is 23.7 Å². The van der Waals surface area contributed by atoms with E-state index in [1.807, 2.05) is 23.1 Å². The zero-order valence-electron chi connectivity index (χ0n) is 13.9. The fraction of sp³-hybridized carbons (Fsp3) is 0.368. The maximum Gasteiger partial charge on any atom is 0.222 e. The van der Waals surface area contributed by atoms with Gasteiger partial charge in [0, 0.05) is 44.0 Å². The van der Waals surface area contributed by atoms with E-state index in [-0.39, 0.29) is 5.91 Å². The van der Waals surface area contributed by atoms with Crippen LogP contribution in [0.3, 0.4) is 0 Å². The molecule has 2 aromatic rings. The number of nitrogens with zero attached hydrogens (tertiary/aromatic N) is 3. The molecule has 1 aliphatic rings. The number of halogens is 1. The Morgan fingerprint density at radius 2 is 1.84 bits per heavy atom. The van der Waals surface area contributed by atoms with Crippen LogP contribution in [0.2, 0.25) is 4.34 Å². The summed E-state index contributed by atoms with van der Waals surface area (Å²) in [5, 5.41) is 8.81. The molecule has 0 N–H and O–H groups in total. The molecule has 0 radical (unpaired) electrons. The average molecular weight is 374 g/mol. The van der Waals surface area contributed by atoms with E-state index in [1.54, 1.807) is 23.5 Å². The molecular formula is C19H20ClN3OS. The Kier molecular flexibility index (Phi) is 6.09. The minimum Gasteiger partial charge on any atom is -0.340 e. The fourth-order valence-electron chi connectivity index (χ4n) is 2.97. The van der Waals surface area contributed by atoms with Crippen LogP contribution in [0.5, 0.6) is 0 Å². The van der Waals surface area contributed by atoms with E-state index in [4.69, 9.17) is 16.9 Å². The van der Waals surface area contributed by atoms with Gasteiger partial charge in [0.1, 0.15) is 0 Å². The summed E-state index contributed by atoms with van der Waals surface area (Å²) in [6.07, 6.45) is 1.24. The predicted molar refractivity (Wildman–Crippen MR) is 101 cm³/mol. The molecule has 1 fully saturated rings. The lowest BCUT2D eigenvalue weighted by Crippen LogP contribution is -2.48. The number of rotatable bonds is 5. The molecule has 0 unspecified atom stereocenters. The second-order valence-electron chi connectivity index (χ2n) is 6.17. The Labute approximate surface area is 157 Å². The fourth-order valence-corrected chi connectivity index (χ4v) is 4.10. The first-order valence-electron chi connectivity index (χ1n) is 8.37. The van der Waals surface area contributed by atoms with Crippen LogP contribution in [0.15, 0.2) is 36.4 Å². The summed E-state index contributed by atoms with van der Waals surface area (Å²) in [7, 11) is 0. The second kappa shape index (κ2) is 8.48. The molecule has 1 aromatic heterocycles. The Morgan fingerprint density at radius 3 is 2.44 bits per heavy atom. The molecule has 130 valence electrons. The van der Waals surface area contributed by atoms with E-state index >= 15 is 0 Å². The van der Waals surface area contributed by atoms with Crippen LogP contribution < -0.4 is 0 Å². The number of amides is 1. The molecule has 3 rings (SSSR count). The quantitative estimate of drug-likeness (QED) is 0.805. The maximum atomic E-state index is 12.4. The molecule has 0 spiro atoms. The third-order valence-corrected chi connectivity index (χ3v) is 5.66. The predicted octanol–water partition coefficient (Wildman–Crippen LogP) is 3.55. The molecule has 0 aliphatic carbocycles. The lowest BCUT2D eigenvalue weighted by Gasteiger charge is -2.34. The molecule has 0 atom stereocenters. The zero-order chi connectivity index (χ0) is 17.6. The molecule has 6 heteroatoms. The summed E-state index contributed by atoms with van der Waals surface area (Å²) in [4.78, 5) is 18.0. The molecule has 1 aromatic carbocycles. The molecule has 1 amide bonds. The lowest BCUT2D eigenvalue weighted by molar-refractivity contribution is -0.132. The van der Waals surface area contributed by atoms with Gasteiger partial charge in [-0.2, -0.15) is 5.26 Å². The molecular weight excluding hydrogens is 354 g/mol.